The Morgan fingerprint density at radius 3 is 2.25 bits per heavy atom. The van der Waals surface area contributed by atoms with Gasteiger partial charge in [0, 0.05) is 18.1 Å². The molecule has 1 aromatic heterocycles. The molecule has 0 N–H and O–H groups in total. The van der Waals surface area contributed by atoms with Gasteiger partial charge in [0.15, 0.2) is 0 Å². The van der Waals surface area contributed by atoms with E-state index >= 15 is 0 Å². The first-order valence-electron chi connectivity index (χ1n) is 4.79. The third kappa shape index (κ3) is 1.96. The highest BCUT2D eigenvalue weighted by Gasteiger charge is 2.30. The van der Waals surface area contributed by atoms with E-state index in [2.05, 4.69) is 0 Å². The van der Waals surface area contributed by atoms with E-state index in [1.165, 1.54) is 6.07 Å². The van der Waals surface area contributed by atoms with Gasteiger partial charge in [-0.2, -0.15) is 13.2 Å². The minimum absolute atomic E-state index is 0.555. The lowest BCUT2D eigenvalue weighted by molar-refractivity contribution is -0.137. The molecule has 84 valence electrons. The summed E-state index contributed by atoms with van der Waals surface area (Å²) in [7, 11) is 0. The molecule has 0 atom stereocenters. The Kier molecular flexibility index (Phi) is 2.50. The molecule has 0 unspecified atom stereocenters. The molecule has 2 aromatic rings. The van der Waals surface area contributed by atoms with Crippen molar-refractivity contribution in [2.45, 2.75) is 13.1 Å². The van der Waals surface area contributed by atoms with Gasteiger partial charge in [-0.3, -0.25) is 0 Å². The summed E-state index contributed by atoms with van der Waals surface area (Å²) in [4.78, 5) is 0. The molecular weight excluding hydrogens is 215 g/mol. The van der Waals surface area contributed by atoms with Crippen LogP contribution in [0.25, 0.3) is 5.69 Å². The van der Waals surface area contributed by atoms with E-state index in [9.17, 15) is 13.2 Å². The zero-order chi connectivity index (χ0) is 11.8. The lowest BCUT2D eigenvalue weighted by atomic mass is 10.1. The average Bonchev–Trinajstić information content (AvgIpc) is 2.69. The van der Waals surface area contributed by atoms with Gasteiger partial charge in [-0.25, -0.2) is 0 Å². The van der Waals surface area contributed by atoms with Gasteiger partial charge in [0.25, 0.3) is 0 Å². The molecule has 0 fully saturated rings. The van der Waals surface area contributed by atoms with Gasteiger partial charge in [0.1, 0.15) is 0 Å². The molecule has 0 amide bonds. The monoisotopic (exact) mass is 225 g/mol. The van der Waals surface area contributed by atoms with Crippen molar-refractivity contribution in [1.29, 1.82) is 0 Å². The molecule has 2 rings (SSSR count). The molecule has 0 aliphatic carbocycles. The molecule has 1 aromatic carbocycles. The molecule has 0 saturated carbocycles. The Balaban J connectivity index is 2.54. The van der Waals surface area contributed by atoms with Crippen molar-refractivity contribution < 1.29 is 13.2 Å². The van der Waals surface area contributed by atoms with Crippen molar-refractivity contribution in [3.05, 3.63) is 53.9 Å². The van der Waals surface area contributed by atoms with Gasteiger partial charge in [-0.15, -0.1) is 0 Å². The normalized spacial score (nSPS) is 11.8. The van der Waals surface area contributed by atoms with E-state index in [0.29, 0.717) is 5.69 Å². The van der Waals surface area contributed by atoms with E-state index in [0.717, 1.165) is 17.7 Å². The molecule has 1 nitrogen and oxygen atoms in total. The summed E-state index contributed by atoms with van der Waals surface area (Å²) in [5.41, 5.74) is 0.742. The van der Waals surface area contributed by atoms with Gasteiger partial charge in [-0.05, 0) is 36.8 Å². The van der Waals surface area contributed by atoms with Crippen LogP contribution < -0.4 is 0 Å². The first-order valence-corrected chi connectivity index (χ1v) is 4.79. The number of benzene rings is 1. The smallest absolute Gasteiger partial charge is 0.324 e. The van der Waals surface area contributed by atoms with Gasteiger partial charge in [0.05, 0.1) is 5.56 Å². The Bertz CT molecular complexity index is 483. The van der Waals surface area contributed by atoms with E-state index in [1.54, 1.807) is 36.0 Å². The highest BCUT2D eigenvalue weighted by atomic mass is 19.4. The third-order valence-corrected chi connectivity index (χ3v) is 2.42. The Morgan fingerprint density at radius 2 is 1.69 bits per heavy atom. The van der Waals surface area contributed by atoms with Crippen molar-refractivity contribution in [3.63, 3.8) is 0 Å². The minimum Gasteiger partial charge on any atom is -0.324 e. The fourth-order valence-corrected chi connectivity index (χ4v) is 1.56. The molecule has 0 spiro atoms. The predicted molar refractivity (Wildman–Crippen MR) is 55.5 cm³/mol. The topological polar surface area (TPSA) is 4.93 Å². The SMILES string of the molecule is Cc1ccc(C(F)(F)F)cc1-n1cccc1. The number of rotatable bonds is 1. The van der Waals surface area contributed by atoms with Crippen molar-refractivity contribution in [2.24, 2.45) is 0 Å². The molecule has 0 radical (unpaired) electrons. The van der Waals surface area contributed by atoms with Crippen molar-refractivity contribution in [2.75, 3.05) is 0 Å². The molecule has 0 saturated heterocycles. The largest absolute Gasteiger partial charge is 0.416 e. The minimum atomic E-state index is -4.30. The molecule has 16 heavy (non-hydrogen) atoms. The summed E-state index contributed by atoms with van der Waals surface area (Å²) < 4.78 is 39.3. The third-order valence-electron chi connectivity index (χ3n) is 2.42. The maximum absolute atomic E-state index is 12.5. The maximum Gasteiger partial charge on any atom is 0.416 e. The van der Waals surface area contributed by atoms with Crippen LogP contribution in [0.3, 0.4) is 0 Å². The highest BCUT2D eigenvalue weighted by Crippen LogP contribution is 2.31. The Morgan fingerprint density at radius 1 is 1.06 bits per heavy atom. The number of hydrogen-bond donors (Lipinski definition) is 0. The number of aromatic nitrogens is 1. The number of aryl methyl sites for hydroxylation is 1. The van der Waals surface area contributed by atoms with Gasteiger partial charge < -0.3 is 4.57 Å². The van der Waals surface area contributed by atoms with Crippen LogP contribution in [0.1, 0.15) is 11.1 Å². The predicted octanol–water partition coefficient (Wildman–Crippen LogP) is 3.80. The van der Waals surface area contributed by atoms with Crippen molar-refractivity contribution in [3.8, 4) is 5.69 Å². The van der Waals surface area contributed by atoms with Crippen LogP contribution in [0.15, 0.2) is 42.7 Å². The lowest BCUT2D eigenvalue weighted by Crippen LogP contribution is -2.06. The average molecular weight is 225 g/mol. The van der Waals surface area contributed by atoms with Gasteiger partial charge in [-0.1, -0.05) is 6.07 Å². The fraction of sp³-hybridized carbons (Fsp3) is 0.167. The Labute approximate surface area is 91.1 Å². The number of nitrogens with zero attached hydrogens (tertiary/aromatic N) is 1. The summed E-state index contributed by atoms with van der Waals surface area (Å²) in [6.07, 6.45) is -0.847. The van der Waals surface area contributed by atoms with Crippen LogP contribution >= 0.6 is 0 Å². The molecule has 4 heteroatoms. The summed E-state index contributed by atoms with van der Waals surface area (Å²) >= 11 is 0. The standard InChI is InChI=1S/C12H10F3N/c1-9-4-5-10(12(13,14)15)8-11(9)16-6-2-3-7-16/h2-8H,1H3. The summed E-state index contributed by atoms with van der Waals surface area (Å²) in [6, 6.07) is 7.30. The van der Waals surface area contributed by atoms with Gasteiger partial charge in [0.2, 0.25) is 0 Å². The molecule has 0 aliphatic rings. The summed E-state index contributed by atoms with van der Waals surface area (Å²) in [5, 5.41) is 0. The van der Waals surface area contributed by atoms with E-state index in [1.807, 2.05) is 0 Å². The van der Waals surface area contributed by atoms with E-state index in [4.69, 9.17) is 0 Å². The van der Waals surface area contributed by atoms with Crippen LogP contribution in [-0.2, 0) is 6.18 Å². The van der Waals surface area contributed by atoms with Crippen molar-refractivity contribution >= 4 is 0 Å². The second kappa shape index (κ2) is 3.70. The first kappa shape index (κ1) is 10.8. The fourth-order valence-electron chi connectivity index (χ4n) is 1.56. The second-order valence-corrected chi connectivity index (χ2v) is 3.59. The zero-order valence-electron chi connectivity index (χ0n) is 8.62. The van der Waals surface area contributed by atoms with E-state index in [-0.39, 0.29) is 0 Å². The molecule has 1 heterocycles. The lowest BCUT2D eigenvalue weighted by Gasteiger charge is -2.12. The Hall–Kier alpha value is -1.71. The summed E-state index contributed by atoms with van der Waals surface area (Å²) in [6.45, 7) is 1.79. The van der Waals surface area contributed by atoms with Crippen LogP contribution in [-0.4, -0.2) is 4.57 Å². The summed E-state index contributed by atoms with van der Waals surface area (Å²) in [5.74, 6) is 0. The number of alkyl halides is 3. The maximum atomic E-state index is 12.5. The molecular formula is C12H10F3N. The molecule has 0 aliphatic heterocycles. The van der Waals surface area contributed by atoms with Crippen LogP contribution in [0.4, 0.5) is 13.2 Å². The molecule has 0 bridgehead atoms. The highest BCUT2D eigenvalue weighted by molar-refractivity contribution is 5.44. The van der Waals surface area contributed by atoms with E-state index < -0.39 is 11.7 Å². The zero-order valence-corrected chi connectivity index (χ0v) is 8.62. The number of halogens is 3. The van der Waals surface area contributed by atoms with Crippen LogP contribution in [0.5, 0.6) is 0 Å². The quantitative estimate of drug-likeness (QED) is 0.695. The van der Waals surface area contributed by atoms with Crippen LogP contribution in [0, 0.1) is 6.92 Å². The second-order valence-electron chi connectivity index (χ2n) is 3.59. The first-order chi connectivity index (χ1) is 7.48. The van der Waals surface area contributed by atoms with Crippen LogP contribution in [0.2, 0.25) is 0 Å². The van der Waals surface area contributed by atoms with Gasteiger partial charge >= 0.3 is 6.18 Å². The van der Waals surface area contributed by atoms with Crippen molar-refractivity contribution in [1.82, 2.24) is 4.57 Å². The number of hydrogen-bond acceptors (Lipinski definition) is 0.